The fourth-order valence-electron chi connectivity index (χ4n) is 3.71. The first-order chi connectivity index (χ1) is 13.5. The van der Waals surface area contributed by atoms with Crippen LogP contribution < -0.4 is 5.32 Å². The van der Waals surface area contributed by atoms with Gasteiger partial charge in [-0.3, -0.25) is 9.69 Å². The zero-order valence-electron chi connectivity index (χ0n) is 17.7. The van der Waals surface area contributed by atoms with Crippen LogP contribution in [0.2, 0.25) is 0 Å². The summed E-state index contributed by atoms with van der Waals surface area (Å²) in [4.78, 5) is 23.1. The normalized spacial score (nSPS) is 21.4. The van der Waals surface area contributed by atoms with E-state index in [4.69, 9.17) is 4.74 Å². The predicted molar refractivity (Wildman–Crippen MR) is 127 cm³/mol. The van der Waals surface area contributed by atoms with Crippen molar-refractivity contribution in [3.63, 3.8) is 0 Å². The number of nitrogens with one attached hydrogen (secondary N) is 1. The SMILES string of the molecule is CC(NC(=NCC(=O)N(C)C)N1CCC(N2CCOCC2)C1)c1ccccc1.I. The molecule has 2 heterocycles. The summed E-state index contributed by atoms with van der Waals surface area (Å²) < 4.78 is 5.49. The average Bonchev–Trinajstić information content (AvgIpc) is 3.22. The minimum Gasteiger partial charge on any atom is -0.379 e. The maximum Gasteiger partial charge on any atom is 0.243 e. The highest BCUT2D eigenvalue weighted by atomic mass is 127. The third kappa shape index (κ3) is 6.82. The number of hydrogen-bond acceptors (Lipinski definition) is 4. The number of morpholine rings is 1. The highest BCUT2D eigenvalue weighted by Gasteiger charge is 2.31. The lowest BCUT2D eigenvalue weighted by atomic mass is 10.1. The van der Waals surface area contributed by atoms with Crippen molar-refractivity contribution in [2.45, 2.75) is 25.4 Å². The Kier molecular flexibility index (Phi) is 9.64. The number of carbonyl (C=O) groups is 1. The number of carbonyl (C=O) groups excluding carboxylic acids is 1. The summed E-state index contributed by atoms with van der Waals surface area (Å²) in [7, 11) is 3.53. The highest BCUT2D eigenvalue weighted by Crippen LogP contribution is 2.19. The zero-order chi connectivity index (χ0) is 19.9. The molecule has 0 aromatic heterocycles. The molecule has 0 saturated carbocycles. The Balaban J connectivity index is 0.00000300. The number of rotatable bonds is 5. The van der Waals surface area contributed by atoms with Gasteiger partial charge in [0.2, 0.25) is 5.91 Å². The van der Waals surface area contributed by atoms with E-state index in [0.717, 1.165) is 51.8 Å². The van der Waals surface area contributed by atoms with E-state index in [1.54, 1.807) is 19.0 Å². The highest BCUT2D eigenvalue weighted by molar-refractivity contribution is 14.0. The van der Waals surface area contributed by atoms with Crippen LogP contribution in [-0.4, -0.2) is 92.6 Å². The van der Waals surface area contributed by atoms with Crippen LogP contribution >= 0.6 is 24.0 Å². The molecule has 3 rings (SSSR count). The lowest BCUT2D eigenvalue weighted by Crippen LogP contribution is -2.47. The van der Waals surface area contributed by atoms with Gasteiger partial charge < -0.3 is 19.9 Å². The molecule has 2 aliphatic rings. The molecule has 0 spiro atoms. The Morgan fingerprint density at radius 1 is 1.24 bits per heavy atom. The van der Waals surface area contributed by atoms with Crippen LogP contribution in [-0.2, 0) is 9.53 Å². The minimum atomic E-state index is 0. The van der Waals surface area contributed by atoms with Crippen molar-refractivity contribution in [3.05, 3.63) is 35.9 Å². The Morgan fingerprint density at radius 2 is 1.93 bits per heavy atom. The molecule has 2 fully saturated rings. The lowest BCUT2D eigenvalue weighted by Gasteiger charge is -2.32. The fourth-order valence-corrected chi connectivity index (χ4v) is 3.71. The molecular formula is C21H34IN5O2. The number of likely N-dealkylation sites (tertiary alicyclic amines) is 1. The number of likely N-dealkylation sites (N-methyl/N-ethyl adjacent to an activating group) is 1. The van der Waals surface area contributed by atoms with E-state index >= 15 is 0 Å². The fraction of sp³-hybridized carbons (Fsp3) is 0.619. The number of hydrogen-bond donors (Lipinski definition) is 1. The van der Waals surface area contributed by atoms with Crippen molar-refractivity contribution >= 4 is 35.8 Å². The number of amides is 1. The van der Waals surface area contributed by atoms with Crippen molar-refractivity contribution in [3.8, 4) is 0 Å². The molecule has 0 aliphatic carbocycles. The standard InChI is InChI=1S/C21H33N5O2.HI/c1-17(18-7-5-4-6-8-18)23-21(22-15-20(27)24(2)3)26-10-9-19(16-26)25-11-13-28-14-12-25;/h4-8,17,19H,9-16H2,1-3H3,(H,22,23);1H. The molecule has 1 amide bonds. The van der Waals surface area contributed by atoms with E-state index in [2.05, 4.69) is 39.2 Å². The van der Waals surface area contributed by atoms with E-state index in [1.807, 2.05) is 18.2 Å². The molecule has 29 heavy (non-hydrogen) atoms. The molecule has 0 bridgehead atoms. The smallest absolute Gasteiger partial charge is 0.243 e. The van der Waals surface area contributed by atoms with Gasteiger partial charge in [-0.15, -0.1) is 24.0 Å². The van der Waals surface area contributed by atoms with Gasteiger partial charge in [-0.05, 0) is 18.9 Å². The van der Waals surface area contributed by atoms with Gasteiger partial charge in [-0.2, -0.15) is 0 Å². The zero-order valence-corrected chi connectivity index (χ0v) is 20.0. The Hall–Kier alpha value is -1.39. The first-order valence-electron chi connectivity index (χ1n) is 10.2. The quantitative estimate of drug-likeness (QED) is 0.369. The molecule has 1 N–H and O–H groups in total. The number of ether oxygens (including phenoxy) is 1. The van der Waals surface area contributed by atoms with Gasteiger partial charge in [0.05, 0.1) is 19.3 Å². The lowest BCUT2D eigenvalue weighted by molar-refractivity contribution is -0.127. The van der Waals surface area contributed by atoms with Gasteiger partial charge >= 0.3 is 0 Å². The Labute approximate surface area is 191 Å². The van der Waals surface area contributed by atoms with Crippen LogP contribution in [0.1, 0.15) is 24.9 Å². The first kappa shape index (κ1) is 23.9. The summed E-state index contributed by atoms with van der Waals surface area (Å²) in [5.74, 6) is 0.831. The predicted octanol–water partition coefficient (Wildman–Crippen LogP) is 1.81. The van der Waals surface area contributed by atoms with Gasteiger partial charge in [0, 0.05) is 46.3 Å². The van der Waals surface area contributed by atoms with Crippen LogP contribution in [0.5, 0.6) is 0 Å². The molecular weight excluding hydrogens is 481 g/mol. The molecule has 8 heteroatoms. The van der Waals surface area contributed by atoms with Gasteiger partial charge in [0.1, 0.15) is 6.54 Å². The number of halogens is 1. The number of nitrogens with zero attached hydrogens (tertiary/aromatic N) is 4. The summed E-state index contributed by atoms with van der Waals surface area (Å²) in [5.41, 5.74) is 1.21. The van der Waals surface area contributed by atoms with Crippen LogP contribution in [0.4, 0.5) is 0 Å². The number of guanidine groups is 1. The first-order valence-corrected chi connectivity index (χ1v) is 10.2. The molecule has 1 aromatic carbocycles. The van der Waals surface area contributed by atoms with Gasteiger partial charge in [0.25, 0.3) is 0 Å². The minimum absolute atomic E-state index is 0. The van der Waals surface area contributed by atoms with Crippen LogP contribution in [0, 0.1) is 0 Å². The molecule has 2 saturated heterocycles. The average molecular weight is 515 g/mol. The molecule has 1 aromatic rings. The second-order valence-electron chi connectivity index (χ2n) is 7.74. The second kappa shape index (κ2) is 11.7. The Morgan fingerprint density at radius 3 is 2.59 bits per heavy atom. The third-order valence-electron chi connectivity index (χ3n) is 5.53. The molecule has 2 unspecified atom stereocenters. The summed E-state index contributed by atoms with van der Waals surface area (Å²) >= 11 is 0. The molecule has 7 nitrogen and oxygen atoms in total. The van der Waals surface area contributed by atoms with Crippen molar-refractivity contribution in [2.24, 2.45) is 4.99 Å². The van der Waals surface area contributed by atoms with Crippen molar-refractivity contribution in [1.29, 1.82) is 0 Å². The van der Waals surface area contributed by atoms with Crippen LogP contribution in [0.15, 0.2) is 35.3 Å². The summed E-state index contributed by atoms with van der Waals surface area (Å²) in [6.07, 6.45) is 1.11. The van der Waals surface area contributed by atoms with E-state index in [9.17, 15) is 4.79 Å². The largest absolute Gasteiger partial charge is 0.379 e. The Bertz CT molecular complexity index is 664. The van der Waals surface area contributed by atoms with Crippen molar-refractivity contribution in [1.82, 2.24) is 20.0 Å². The van der Waals surface area contributed by atoms with Crippen LogP contribution in [0.25, 0.3) is 0 Å². The van der Waals surface area contributed by atoms with Crippen molar-refractivity contribution in [2.75, 3.05) is 60.0 Å². The van der Waals surface area contributed by atoms with E-state index in [1.165, 1.54) is 5.56 Å². The van der Waals surface area contributed by atoms with Gasteiger partial charge in [0.15, 0.2) is 5.96 Å². The van der Waals surface area contributed by atoms with E-state index < -0.39 is 0 Å². The van der Waals surface area contributed by atoms with Crippen LogP contribution in [0.3, 0.4) is 0 Å². The second-order valence-corrected chi connectivity index (χ2v) is 7.74. The van der Waals surface area contributed by atoms with E-state index in [-0.39, 0.29) is 42.5 Å². The number of aliphatic imine (C=N–C) groups is 1. The monoisotopic (exact) mass is 515 g/mol. The van der Waals surface area contributed by atoms with Gasteiger partial charge in [-0.25, -0.2) is 4.99 Å². The summed E-state index contributed by atoms with van der Waals surface area (Å²) in [6, 6.07) is 11.0. The topological polar surface area (TPSA) is 60.4 Å². The molecule has 2 aliphatic heterocycles. The number of benzene rings is 1. The summed E-state index contributed by atoms with van der Waals surface area (Å²) in [5, 5.41) is 3.55. The maximum atomic E-state index is 12.1. The summed E-state index contributed by atoms with van der Waals surface area (Å²) in [6.45, 7) is 7.81. The maximum absolute atomic E-state index is 12.1. The molecule has 2 atom stereocenters. The molecule has 0 radical (unpaired) electrons. The van der Waals surface area contributed by atoms with Crippen molar-refractivity contribution < 1.29 is 9.53 Å². The molecule has 162 valence electrons. The van der Waals surface area contributed by atoms with Gasteiger partial charge in [-0.1, -0.05) is 30.3 Å². The van der Waals surface area contributed by atoms with E-state index in [0.29, 0.717) is 6.04 Å². The third-order valence-corrected chi connectivity index (χ3v) is 5.53.